The van der Waals surface area contributed by atoms with Gasteiger partial charge in [0.15, 0.2) is 5.69 Å². The lowest BCUT2D eigenvalue weighted by molar-refractivity contribution is 0.0686. The molecule has 3 rings (SSSR count). The lowest BCUT2D eigenvalue weighted by atomic mass is 9.82. The van der Waals surface area contributed by atoms with Crippen molar-refractivity contribution in [2.24, 2.45) is 0 Å². The summed E-state index contributed by atoms with van der Waals surface area (Å²) in [6.07, 6.45) is 5.14. The fourth-order valence-corrected chi connectivity index (χ4v) is 2.35. The van der Waals surface area contributed by atoms with Crippen LogP contribution < -0.4 is 0 Å². The van der Waals surface area contributed by atoms with Crippen molar-refractivity contribution in [2.45, 2.75) is 32.1 Å². The minimum atomic E-state index is -0.884. The summed E-state index contributed by atoms with van der Waals surface area (Å²) in [5.41, 5.74) is 2.87. The van der Waals surface area contributed by atoms with E-state index in [4.69, 9.17) is 0 Å². The highest BCUT2D eigenvalue weighted by Gasteiger charge is 2.29. The van der Waals surface area contributed by atoms with Crippen LogP contribution >= 0.6 is 0 Å². The molecule has 0 atom stereocenters. The molecule has 1 N–H and O–H groups in total. The van der Waals surface area contributed by atoms with Crippen molar-refractivity contribution < 1.29 is 9.90 Å². The third-order valence-electron chi connectivity index (χ3n) is 3.49. The minimum Gasteiger partial charge on any atom is -0.477 e. The molecule has 2 aromatic rings. The van der Waals surface area contributed by atoms with E-state index in [0.717, 1.165) is 29.7 Å². The van der Waals surface area contributed by atoms with Crippen molar-refractivity contribution in [1.29, 1.82) is 0 Å². The van der Waals surface area contributed by atoms with Gasteiger partial charge in [-0.05, 0) is 31.4 Å². The maximum atomic E-state index is 11.4. The van der Waals surface area contributed by atoms with Crippen LogP contribution in [0.2, 0.25) is 0 Å². The summed E-state index contributed by atoms with van der Waals surface area (Å²) in [6, 6.07) is 3.84. The summed E-state index contributed by atoms with van der Waals surface area (Å²) in [5.74, 6) is -0.550. The molecule has 1 aliphatic rings. The van der Waals surface area contributed by atoms with Crippen molar-refractivity contribution >= 4 is 11.6 Å². The van der Waals surface area contributed by atoms with Crippen LogP contribution in [-0.2, 0) is 0 Å². The van der Waals surface area contributed by atoms with E-state index in [1.165, 1.54) is 6.42 Å². The first-order chi connectivity index (χ1) is 8.16. The fourth-order valence-electron chi connectivity index (χ4n) is 2.35. The van der Waals surface area contributed by atoms with E-state index < -0.39 is 5.97 Å². The van der Waals surface area contributed by atoms with Crippen LogP contribution in [-0.4, -0.2) is 20.5 Å². The van der Waals surface area contributed by atoms with Gasteiger partial charge in [-0.3, -0.25) is 4.40 Å². The normalized spacial score (nSPS) is 16.1. The van der Waals surface area contributed by atoms with Gasteiger partial charge < -0.3 is 5.11 Å². The van der Waals surface area contributed by atoms with Gasteiger partial charge in [0.2, 0.25) is 0 Å². The second-order valence-electron chi connectivity index (χ2n) is 4.71. The molecule has 0 aromatic carbocycles. The number of rotatable bonds is 2. The van der Waals surface area contributed by atoms with Gasteiger partial charge in [0.1, 0.15) is 5.65 Å². The maximum Gasteiger partial charge on any atom is 0.354 e. The number of fused-ring (bicyclic) bond motifs is 1. The highest BCUT2D eigenvalue weighted by atomic mass is 16.4. The molecule has 1 saturated carbocycles. The monoisotopic (exact) mass is 230 g/mol. The van der Waals surface area contributed by atoms with Gasteiger partial charge in [-0.15, -0.1) is 0 Å². The number of aryl methyl sites for hydroxylation is 1. The molecule has 0 unspecified atom stereocenters. The molecule has 88 valence electrons. The van der Waals surface area contributed by atoms with E-state index >= 15 is 0 Å². The predicted molar refractivity (Wildman–Crippen MR) is 63.5 cm³/mol. The lowest BCUT2D eigenvalue weighted by Gasteiger charge is -2.23. The summed E-state index contributed by atoms with van der Waals surface area (Å²) >= 11 is 0. The molecule has 1 fully saturated rings. The topological polar surface area (TPSA) is 54.6 Å². The highest BCUT2D eigenvalue weighted by Crippen LogP contribution is 2.37. The first kappa shape index (κ1) is 10.3. The third kappa shape index (κ3) is 1.52. The van der Waals surface area contributed by atoms with Gasteiger partial charge in [-0.1, -0.05) is 12.5 Å². The Kier molecular flexibility index (Phi) is 2.18. The van der Waals surface area contributed by atoms with E-state index in [1.807, 2.05) is 25.3 Å². The largest absolute Gasteiger partial charge is 0.477 e. The zero-order chi connectivity index (χ0) is 12.0. The molecular formula is C13H14N2O2. The lowest BCUT2D eigenvalue weighted by Crippen LogP contribution is -2.14. The van der Waals surface area contributed by atoms with Crippen LogP contribution in [0.15, 0.2) is 18.3 Å². The number of carboxylic acid groups (broad SMARTS) is 1. The SMILES string of the molecule is Cc1ccc2nc(C3CCC3)c(C(=O)O)n2c1. The van der Waals surface area contributed by atoms with Crippen LogP contribution in [0.1, 0.15) is 46.9 Å². The van der Waals surface area contributed by atoms with E-state index in [0.29, 0.717) is 11.6 Å². The van der Waals surface area contributed by atoms with Gasteiger partial charge in [0.05, 0.1) is 5.69 Å². The van der Waals surface area contributed by atoms with Crippen molar-refractivity contribution in [2.75, 3.05) is 0 Å². The molecule has 0 saturated heterocycles. The summed E-state index contributed by atoms with van der Waals surface area (Å²) in [6.45, 7) is 1.95. The standard InChI is InChI=1S/C13H14N2O2/c1-8-5-6-10-14-11(9-3-2-4-9)12(13(16)17)15(10)7-8/h5-7,9H,2-4H2,1H3,(H,16,17). The summed E-state index contributed by atoms with van der Waals surface area (Å²) in [5, 5.41) is 9.35. The molecule has 0 aliphatic heterocycles. The number of hydrogen-bond acceptors (Lipinski definition) is 2. The third-order valence-corrected chi connectivity index (χ3v) is 3.49. The Morgan fingerprint density at radius 2 is 2.24 bits per heavy atom. The molecule has 2 heterocycles. The van der Waals surface area contributed by atoms with E-state index in [2.05, 4.69) is 4.98 Å². The molecule has 4 heteroatoms. The van der Waals surface area contributed by atoms with Crippen LogP contribution in [0.25, 0.3) is 5.65 Å². The molecule has 17 heavy (non-hydrogen) atoms. The van der Waals surface area contributed by atoms with Crippen molar-refractivity contribution in [3.05, 3.63) is 35.3 Å². The number of carboxylic acids is 1. The van der Waals surface area contributed by atoms with Gasteiger partial charge >= 0.3 is 5.97 Å². The second-order valence-corrected chi connectivity index (χ2v) is 4.71. The van der Waals surface area contributed by atoms with Crippen molar-refractivity contribution in [1.82, 2.24) is 9.38 Å². The number of imidazole rings is 1. The smallest absolute Gasteiger partial charge is 0.354 e. The first-order valence-electron chi connectivity index (χ1n) is 5.88. The van der Waals surface area contributed by atoms with Crippen LogP contribution in [0.3, 0.4) is 0 Å². The molecule has 1 aliphatic carbocycles. The summed E-state index contributed by atoms with van der Waals surface area (Å²) in [7, 11) is 0. The Balaban J connectivity index is 2.26. The second kappa shape index (κ2) is 3.58. The van der Waals surface area contributed by atoms with Crippen LogP contribution in [0.5, 0.6) is 0 Å². The summed E-state index contributed by atoms with van der Waals surface area (Å²) in [4.78, 5) is 15.9. The predicted octanol–water partition coefficient (Wildman–Crippen LogP) is 2.61. The number of hydrogen-bond donors (Lipinski definition) is 1. The molecule has 4 nitrogen and oxygen atoms in total. The van der Waals surface area contributed by atoms with Crippen LogP contribution in [0, 0.1) is 6.92 Å². The summed E-state index contributed by atoms with van der Waals surface area (Å²) < 4.78 is 1.70. The average molecular weight is 230 g/mol. The average Bonchev–Trinajstić information content (AvgIpc) is 2.52. The highest BCUT2D eigenvalue weighted by molar-refractivity contribution is 5.88. The Bertz CT molecular complexity index is 597. The molecule has 0 bridgehead atoms. The Hall–Kier alpha value is -1.84. The maximum absolute atomic E-state index is 11.4. The molecule has 0 spiro atoms. The van der Waals surface area contributed by atoms with E-state index in [1.54, 1.807) is 4.40 Å². The number of pyridine rings is 1. The zero-order valence-electron chi connectivity index (χ0n) is 9.68. The Labute approximate surface area is 98.9 Å². The zero-order valence-corrected chi connectivity index (χ0v) is 9.68. The number of aromatic nitrogens is 2. The quantitative estimate of drug-likeness (QED) is 0.862. The molecule has 0 amide bonds. The Morgan fingerprint density at radius 1 is 1.47 bits per heavy atom. The van der Waals surface area contributed by atoms with Gasteiger partial charge in [-0.25, -0.2) is 9.78 Å². The molecule has 0 radical (unpaired) electrons. The first-order valence-corrected chi connectivity index (χ1v) is 5.88. The van der Waals surface area contributed by atoms with Crippen molar-refractivity contribution in [3.8, 4) is 0 Å². The van der Waals surface area contributed by atoms with E-state index in [-0.39, 0.29) is 0 Å². The fraction of sp³-hybridized carbons (Fsp3) is 0.385. The van der Waals surface area contributed by atoms with Crippen molar-refractivity contribution in [3.63, 3.8) is 0 Å². The minimum absolute atomic E-state index is 0.335. The van der Waals surface area contributed by atoms with Gasteiger partial charge in [0, 0.05) is 12.1 Å². The van der Waals surface area contributed by atoms with Crippen LogP contribution in [0.4, 0.5) is 0 Å². The van der Waals surface area contributed by atoms with Gasteiger partial charge in [0.25, 0.3) is 0 Å². The Morgan fingerprint density at radius 3 is 2.82 bits per heavy atom. The molecular weight excluding hydrogens is 216 g/mol. The van der Waals surface area contributed by atoms with E-state index in [9.17, 15) is 9.90 Å². The number of aromatic carboxylic acids is 1. The number of nitrogens with zero attached hydrogens (tertiary/aromatic N) is 2. The molecule has 2 aromatic heterocycles. The number of carbonyl (C=O) groups is 1. The van der Waals surface area contributed by atoms with Gasteiger partial charge in [-0.2, -0.15) is 0 Å².